The molecule has 35 heavy (non-hydrogen) atoms. The molecular formula is C27H25N3O5. The monoisotopic (exact) mass is 471 g/mol. The largest absolute Gasteiger partial charge is 0.480 e. The van der Waals surface area contributed by atoms with Gasteiger partial charge in [-0.3, -0.25) is 14.7 Å². The number of aromatic nitrogens is 1. The van der Waals surface area contributed by atoms with Gasteiger partial charge in [0, 0.05) is 37.3 Å². The fraction of sp³-hybridized carbons (Fsp3) is 0.259. The van der Waals surface area contributed by atoms with Gasteiger partial charge in [-0.1, -0.05) is 48.5 Å². The lowest BCUT2D eigenvalue weighted by molar-refractivity contribution is -0.141. The van der Waals surface area contributed by atoms with Gasteiger partial charge in [-0.2, -0.15) is 0 Å². The Morgan fingerprint density at radius 1 is 0.971 bits per heavy atom. The highest BCUT2D eigenvalue weighted by Crippen LogP contribution is 2.44. The van der Waals surface area contributed by atoms with E-state index >= 15 is 0 Å². The first-order valence-electron chi connectivity index (χ1n) is 11.5. The minimum atomic E-state index is -1.12. The van der Waals surface area contributed by atoms with Crippen LogP contribution in [0, 0.1) is 0 Å². The molecule has 2 aliphatic rings. The van der Waals surface area contributed by atoms with Crippen molar-refractivity contribution < 1.29 is 24.2 Å². The molecular weight excluding hydrogens is 446 g/mol. The summed E-state index contributed by atoms with van der Waals surface area (Å²) >= 11 is 0. The third-order valence-corrected chi connectivity index (χ3v) is 6.64. The topological polar surface area (TPSA) is 109 Å². The van der Waals surface area contributed by atoms with Gasteiger partial charge in [0.15, 0.2) is 0 Å². The van der Waals surface area contributed by atoms with Crippen LogP contribution in [0.4, 0.5) is 4.79 Å². The Hall–Kier alpha value is -4.20. The van der Waals surface area contributed by atoms with E-state index in [0.29, 0.717) is 0 Å². The summed E-state index contributed by atoms with van der Waals surface area (Å²) in [6.45, 7) is 0.185. The lowest BCUT2D eigenvalue weighted by Gasteiger charge is -2.22. The van der Waals surface area contributed by atoms with Crippen LogP contribution in [0.2, 0.25) is 0 Å². The second kappa shape index (κ2) is 9.58. The van der Waals surface area contributed by atoms with Gasteiger partial charge in [0.2, 0.25) is 5.91 Å². The van der Waals surface area contributed by atoms with Crippen molar-refractivity contribution in [2.45, 2.75) is 30.8 Å². The maximum absolute atomic E-state index is 13.0. The number of amides is 2. The van der Waals surface area contributed by atoms with Crippen molar-refractivity contribution >= 4 is 18.0 Å². The minimum absolute atomic E-state index is 0.0791. The van der Waals surface area contributed by atoms with Crippen LogP contribution in [0.15, 0.2) is 73.1 Å². The van der Waals surface area contributed by atoms with Gasteiger partial charge in [-0.15, -0.1) is 0 Å². The van der Waals surface area contributed by atoms with E-state index in [9.17, 15) is 19.5 Å². The van der Waals surface area contributed by atoms with E-state index in [-0.39, 0.29) is 37.8 Å². The Kier molecular flexibility index (Phi) is 6.18. The first-order chi connectivity index (χ1) is 17.0. The number of nitrogens with zero attached hydrogens (tertiary/aromatic N) is 2. The van der Waals surface area contributed by atoms with Crippen molar-refractivity contribution in [3.63, 3.8) is 0 Å². The predicted molar refractivity (Wildman–Crippen MR) is 128 cm³/mol. The van der Waals surface area contributed by atoms with Crippen LogP contribution < -0.4 is 5.32 Å². The molecule has 8 nitrogen and oxygen atoms in total. The Balaban J connectivity index is 1.24. The second-order valence-corrected chi connectivity index (χ2v) is 8.84. The highest BCUT2D eigenvalue weighted by Gasteiger charge is 2.41. The second-order valence-electron chi connectivity index (χ2n) is 8.84. The van der Waals surface area contributed by atoms with Crippen molar-refractivity contribution in [3.05, 3.63) is 89.7 Å². The Morgan fingerprint density at radius 3 is 2.23 bits per heavy atom. The Bertz CT molecular complexity index is 1220. The van der Waals surface area contributed by atoms with Crippen LogP contribution in [0.25, 0.3) is 11.1 Å². The smallest absolute Gasteiger partial charge is 0.410 e. The van der Waals surface area contributed by atoms with E-state index in [0.717, 1.165) is 27.8 Å². The first kappa shape index (κ1) is 22.6. The highest BCUT2D eigenvalue weighted by atomic mass is 16.6. The van der Waals surface area contributed by atoms with Crippen LogP contribution in [-0.2, 0) is 20.7 Å². The molecule has 3 aromatic rings. The summed E-state index contributed by atoms with van der Waals surface area (Å²) in [5.74, 6) is -1.47. The number of likely N-dealkylation sites (tertiary alicyclic amines) is 1. The maximum atomic E-state index is 13.0. The predicted octanol–water partition coefficient (Wildman–Crippen LogP) is 3.22. The number of ether oxygens (including phenoxy) is 1. The fourth-order valence-corrected chi connectivity index (χ4v) is 5.02. The molecule has 1 aliphatic carbocycles. The summed E-state index contributed by atoms with van der Waals surface area (Å²) in [7, 11) is 0. The number of carboxylic acid groups (broad SMARTS) is 1. The maximum Gasteiger partial charge on any atom is 0.410 e. The van der Waals surface area contributed by atoms with E-state index in [1.165, 1.54) is 4.90 Å². The molecule has 1 aliphatic heterocycles. The van der Waals surface area contributed by atoms with Crippen molar-refractivity contribution in [1.82, 2.24) is 15.2 Å². The number of carbonyl (C=O) groups is 3. The molecule has 1 saturated heterocycles. The third kappa shape index (κ3) is 4.59. The zero-order valence-corrected chi connectivity index (χ0v) is 19.0. The average molecular weight is 472 g/mol. The van der Waals surface area contributed by atoms with E-state index in [1.807, 2.05) is 36.4 Å². The normalized spacial score (nSPS) is 18.6. The summed E-state index contributed by atoms with van der Waals surface area (Å²) < 4.78 is 5.66. The van der Waals surface area contributed by atoms with Gasteiger partial charge in [-0.05, 0) is 39.9 Å². The molecule has 0 spiro atoms. The van der Waals surface area contributed by atoms with E-state index in [4.69, 9.17) is 4.74 Å². The van der Waals surface area contributed by atoms with Gasteiger partial charge >= 0.3 is 12.1 Å². The van der Waals surface area contributed by atoms with Crippen molar-refractivity contribution in [2.75, 3.05) is 13.2 Å². The molecule has 0 saturated carbocycles. The molecule has 1 aromatic heterocycles. The van der Waals surface area contributed by atoms with Crippen molar-refractivity contribution in [1.29, 1.82) is 0 Å². The number of rotatable bonds is 6. The van der Waals surface area contributed by atoms with Crippen LogP contribution in [0.3, 0.4) is 0 Å². The van der Waals surface area contributed by atoms with Crippen LogP contribution >= 0.6 is 0 Å². The SMILES string of the molecule is O=C(Cc1ccncc1)N[C@@H]1C[C@@H](C(=O)O)N(C(=O)OCC2c3ccccc3-c3ccccc32)C1. The molecule has 2 heterocycles. The molecule has 1 fully saturated rings. The number of carboxylic acids is 1. The molecule has 0 bridgehead atoms. The molecule has 2 N–H and O–H groups in total. The van der Waals surface area contributed by atoms with Gasteiger partial charge < -0.3 is 15.2 Å². The summed E-state index contributed by atoms with van der Waals surface area (Å²) in [4.78, 5) is 42.4. The van der Waals surface area contributed by atoms with E-state index in [1.54, 1.807) is 24.5 Å². The Labute approximate surface area is 202 Å². The standard InChI is InChI=1S/C27H25N3O5/c31-25(13-17-9-11-28-12-10-17)29-18-14-24(26(32)33)30(15-18)27(34)35-16-23-21-7-3-1-5-19(21)20-6-2-4-8-22(20)23/h1-12,18,23-24H,13-16H2,(H,29,31)(H,32,33)/t18-,24+/m1/s1. The van der Waals surface area contributed by atoms with Gasteiger partial charge in [-0.25, -0.2) is 9.59 Å². The molecule has 8 heteroatoms. The lowest BCUT2D eigenvalue weighted by Crippen LogP contribution is -2.42. The molecule has 2 amide bonds. The summed E-state index contributed by atoms with van der Waals surface area (Å²) in [5.41, 5.74) is 5.20. The molecule has 5 rings (SSSR count). The van der Waals surface area contributed by atoms with Crippen LogP contribution in [-0.4, -0.2) is 58.2 Å². The quantitative estimate of drug-likeness (QED) is 0.572. The molecule has 2 aromatic carbocycles. The number of fused-ring (bicyclic) bond motifs is 3. The molecule has 178 valence electrons. The molecule has 0 radical (unpaired) electrons. The number of aliphatic carboxylic acids is 1. The number of hydrogen-bond donors (Lipinski definition) is 2. The number of nitrogens with one attached hydrogen (secondary N) is 1. The fourth-order valence-electron chi connectivity index (χ4n) is 5.02. The number of hydrogen-bond acceptors (Lipinski definition) is 5. The molecule has 0 unspecified atom stereocenters. The van der Waals surface area contributed by atoms with Gasteiger partial charge in [0.1, 0.15) is 12.6 Å². The summed E-state index contributed by atoms with van der Waals surface area (Å²) in [5, 5.41) is 12.5. The van der Waals surface area contributed by atoms with Crippen LogP contribution in [0.5, 0.6) is 0 Å². The van der Waals surface area contributed by atoms with Gasteiger partial charge in [0.25, 0.3) is 0 Å². The number of carbonyl (C=O) groups excluding carboxylic acids is 2. The van der Waals surface area contributed by atoms with E-state index in [2.05, 4.69) is 22.4 Å². The number of benzene rings is 2. The van der Waals surface area contributed by atoms with Crippen molar-refractivity contribution in [3.8, 4) is 11.1 Å². The lowest BCUT2D eigenvalue weighted by atomic mass is 9.98. The highest BCUT2D eigenvalue weighted by molar-refractivity contribution is 5.83. The zero-order valence-electron chi connectivity index (χ0n) is 19.0. The Morgan fingerprint density at radius 2 is 1.60 bits per heavy atom. The third-order valence-electron chi connectivity index (χ3n) is 6.64. The summed E-state index contributed by atoms with van der Waals surface area (Å²) in [6, 6.07) is 18.0. The first-order valence-corrected chi connectivity index (χ1v) is 11.5. The minimum Gasteiger partial charge on any atom is -0.480 e. The van der Waals surface area contributed by atoms with Gasteiger partial charge in [0.05, 0.1) is 6.42 Å². The number of pyridine rings is 1. The van der Waals surface area contributed by atoms with E-state index < -0.39 is 24.1 Å². The average Bonchev–Trinajstić information content (AvgIpc) is 3.43. The zero-order chi connectivity index (χ0) is 24.4. The van der Waals surface area contributed by atoms with Crippen LogP contribution in [0.1, 0.15) is 29.0 Å². The van der Waals surface area contributed by atoms with Crippen molar-refractivity contribution in [2.24, 2.45) is 0 Å². The molecule has 2 atom stereocenters. The summed E-state index contributed by atoms with van der Waals surface area (Å²) in [6.07, 6.45) is 2.81.